The molecule has 3 aromatic rings. The largest absolute Gasteiger partial charge is 0.494 e. The Morgan fingerprint density at radius 2 is 1.74 bits per heavy atom. The molecule has 2 fully saturated rings. The second kappa shape index (κ2) is 10.1. The van der Waals surface area contributed by atoms with E-state index in [0.29, 0.717) is 56.9 Å². The van der Waals surface area contributed by atoms with E-state index in [-0.39, 0.29) is 11.8 Å². The molecule has 6 rings (SSSR count). The van der Waals surface area contributed by atoms with Crippen LogP contribution in [0.25, 0.3) is 0 Å². The van der Waals surface area contributed by atoms with Crippen molar-refractivity contribution in [1.82, 2.24) is 4.90 Å². The Balaban J connectivity index is 1.23. The lowest BCUT2D eigenvalue weighted by atomic mass is 10.0. The Kier molecular flexibility index (Phi) is 6.51. The van der Waals surface area contributed by atoms with Gasteiger partial charge in [-0.05, 0) is 55.5 Å². The van der Waals surface area contributed by atoms with Gasteiger partial charge in [0.05, 0.1) is 19.8 Å². The summed E-state index contributed by atoms with van der Waals surface area (Å²) >= 11 is 0. The van der Waals surface area contributed by atoms with Crippen molar-refractivity contribution in [2.45, 2.75) is 31.7 Å². The summed E-state index contributed by atoms with van der Waals surface area (Å²) in [7, 11) is 0. The summed E-state index contributed by atoms with van der Waals surface area (Å²) in [5.74, 6) is 0.138. The standard InChI is InChI=1S/C30H31N3O5/c1-2-36-24-12-10-23(11-13-24)33-27(25-8-3-4-9-26(25)29(33)35)31-22-7-5-6-21(20-22)28(34)32-16-14-30(15-17-32)37-18-19-38-30/h3-13,20,27,31H,2,14-19H2,1H3. The average molecular weight is 514 g/mol. The van der Waals surface area contributed by atoms with Crippen LogP contribution in [-0.4, -0.2) is 55.4 Å². The summed E-state index contributed by atoms with van der Waals surface area (Å²) in [5.41, 5.74) is 3.67. The number of carbonyl (C=O) groups excluding carboxylic acids is 2. The maximum Gasteiger partial charge on any atom is 0.260 e. The highest BCUT2D eigenvalue weighted by Gasteiger charge is 2.41. The SMILES string of the molecule is CCOc1ccc(N2C(=O)c3ccccc3C2Nc2cccc(C(=O)N3CCC4(CC3)OCCO4)c2)cc1. The zero-order chi connectivity index (χ0) is 26.1. The first kappa shape index (κ1) is 24.5. The Morgan fingerprint density at radius 1 is 1.00 bits per heavy atom. The minimum Gasteiger partial charge on any atom is -0.494 e. The van der Waals surface area contributed by atoms with Crippen LogP contribution in [0.15, 0.2) is 72.8 Å². The molecular formula is C30H31N3O5. The van der Waals surface area contributed by atoms with E-state index in [2.05, 4.69) is 5.32 Å². The molecular weight excluding hydrogens is 482 g/mol. The van der Waals surface area contributed by atoms with Gasteiger partial charge in [0.25, 0.3) is 11.8 Å². The molecule has 1 spiro atoms. The molecule has 0 aliphatic carbocycles. The van der Waals surface area contributed by atoms with Crippen molar-refractivity contribution in [1.29, 1.82) is 0 Å². The van der Waals surface area contributed by atoms with E-state index in [1.807, 2.05) is 84.6 Å². The number of hydrogen-bond acceptors (Lipinski definition) is 6. The van der Waals surface area contributed by atoms with E-state index in [1.165, 1.54) is 0 Å². The fraction of sp³-hybridized carbons (Fsp3) is 0.333. The molecule has 0 saturated carbocycles. The average Bonchev–Trinajstić information content (AvgIpc) is 3.52. The van der Waals surface area contributed by atoms with Crippen molar-refractivity contribution in [2.75, 3.05) is 43.1 Å². The monoisotopic (exact) mass is 513 g/mol. The van der Waals surface area contributed by atoms with Gasteiger partial charge in [0, 0.05) is 54.0 Å². The number of nitrogens with zero attached hydrogens (tertiary/aromatic N) is 2. The molecule has 196 valence electrons. The lowest BCUT2D eigenvalue weighted by Gasteiger charge is -2.37. The highest BCUT2D eigenvalue weighted by Crippen LogP contribution is 2.39. The van der Waals surface area contributed by atoms with E-state index < -0.39 is 12.0 Å². The van der Waals surface area contributed by atoms with Crippen molar-refractivity contribution in [3.05, 3.63) is 89.5 Å². The van der Waals surface area contributed by atoms with Crippen LogP contribution in [0.5, 0.6) is 5.75 Å². The number of nitrogens with one attached hydrogen (secondary N) is 1. The van der Waals surface area contributed by atoms with Gasteiger partial charge in [-0.1, -0.05) is 24.3 Å². The Labute approximate surface area is 222 Å². The number of fused-ring (bicyclic) bond motifs is 1. The third-order valence-corrected chi connectivity index (χ3v) is 7.43. The summed E-state index contributed by atoms with van der Waals surface area (Å²) in [6.07, 6.45) is 0.928. The normalized spacial score (nSPS) is 20.0. The Morgan fingerprint density at radius 3 is 2.47 bits per heavy atom. The maximum absolute atomic E-state index is 13.5. The second-order valence-corrected chi connectivity index (χ2v) is 9.72. The fourth-order valence-corrected chi connectivity index (χ4v) is 5.51. The second-order valence-electron chi connectivity index (χ2n) is 9.72. The van der Waals surface area contributed by atoms with Crippen LogP contribution in [0.1, 0.15) is 52.2 Å². The molecule has 3 heterocycles. The molecule has 8 nitrogen and oxygen atoms in total. The first-order chi connectivity index (χ1) is 18.6. The van der Waals surface area contributed by atoms with Gasteiger partial charge in [0.1, 0.15) is 11.9 Å². The molecule has 0 bridgehead atoms. The Bertz CT molecular complexity index is 1330. The quantitative estimate of drug-likeness (QED) is 0.508. The first-order valence-electron chi connectivity index (χ1n) is 13.2. The third kappa shape index (κ3) is 4.50. The molecule has 8 heteroatoms. The number of hydrogen-bond donors (Lipinski definition) is 1. The highest BCUT2D eigenvalue weighted by atomic mass is 16.7. The van der Waals surface area contributed by atoms with E-state index in [4.69, 9.17) is 14.2 Å². The number of piperidine rings is 1. The van der Waals surface area contributed by atoms with Gasteiger partial charge in [-0.2, -0.15) is 0 Å². The van der Waals surface area contributed by atoms with E-state index in [1.54, 1.807) is 4.90 Å². The number of benzene rings is 3. The van der Waals surface area contributed by atoms with Crippen molar-refractivity contribution in [3.8, 4) is 5.75 Å². The maximum atomic E-state index is 13.5. The van der Waals surface area contributed by atoms with Crippen LogP contribution >= 0.6 is 0 Å². The number of ether oxygens (including phenoxy) is 3. The van der Waals surface area contributed by atoms with Gasteiger partial charge in [0.15, 0.2) is 5.79 Å². The number of amides is 2. The van der Waals surface area contributed by atoms with Crippen molar-refractivity contribution in [2.24, 2.45) is 0 Å². The molecule has 1 atom stereocenters. The van der Waals surface area contributed by atoms with Crippen LogP contribution in [0.4, 0.5) is 11.4 Å². The Hall–Kier alpha value is -3.88. The van der Waals surface area contributed by atoms with Crippen molar-refractivity contribution >= 4 is 23.2 Å². The van der Waals surface area contributed by atoms with Crippen LogP contribution in [0, 0.1) is 0 Å². The minimum atomic E-state index is -0.521. The molecule has 38 heavy (non-hydrogen) atoms. The molecule has 3 aliphatic rings. The molecule has 0 aromatic heterocycles. The zero-order valence-electron chi connectivity index (χ0n) is 21.4. The number of likely N-dealkylation sites (tertiary alicyclic amines) is 1. The van der Waals surface area contributed by atoms with Crippen molar-refractivity contribution < 1.29 is 23.8 Å². The number of carbonyl (C=O) groups is 2. The fourth-order valence-electron chi connectivity index (χ4n) is 5.51. The van der Waals surface area contributed by atoms with Gasteiger partial charge in [-0.3, -0.25) is 14.5 Å². The van der Waals surface area contributed by atoms with Gasteiger partial charge < -0.3 is 24.4 Å². The molecule has 2 amide bonds. The van der Waals surface area contributed by atoms with E-state index in [9.17, 15) is 9.59 Å². The molecule has 2 saturated heterocycles. The van der Waals surface area contributed by atoms with Crippen molar-refractivity contribution in [3.63, 3.8) is 0 Å². The molecule has 3 aliphatic heterocycles. The molecule has 3 aromatic carbocycles. The van der Waals surface area contributed by atoms with E-state index in [0.717, 1.165) is 22.7 Å². The third-order valence-electron chi connectivity index (χ3n) is 7.43. The highest BCUT2D eigenvalue weighted by molar-refractivity contribution is 6.11. The summed E-state index contributed by atoms with van der Waals surface area (Å²) in [5, 5.41) is 3.52. The number of anilines is 2. The topological polar surface area (TPSA) is 80.3 Å². The van der Waals surface area contributed by atoms with E-state index >= 15 is 0 Å². The molecule has 1 unspecified atom stereocenters. The van der Waals surface area contributed by atoms with Gasteiger partial charge in [-0.25, -0.2) is 0 Å². The van der Waals surface area contributed by atoms with Gasteiger partial charge in [-0.15, -0.1) is 0 Å². The predicted octanol–water partition coefficient (Wildman–Crippen LogP) is 4.84. The van der Waals surface area contributed by atoms with Crippen LogP contribution < -0.4 is 15.0 Å². The van der Waals surface area contributed by atoms with Gasteiger partial charge >= 0.3 is 0 Å². The first-order valence-corrected chi connectivity index (χ1v) is 13.2. The minimum absolute atomic E-state index is 0.0206. The summed E-state index contributed by atoms with van der Waals surface area (Å²) in [6, 6.07) is 22.6. The predicted molar refractivity (Wildman–Crippen MR) is 143 cm³/mol. The lowest BCUT2D eigenvalue weighted by Crippen LogP contribution is -2.47. The zero-order valence-corrected chi connectivity index (χ0v) is 21.4. The van der Waals surface area contributed by atoms with Crippen LogP contribution in [-0.2, 0) is 9.47 Å². The summed E-state index contributed by atoms with van der Waals surface area (Å²) in [6.45, 7) is 4.92. The summed E-state index contributed by atoms with van der Waals surface area (Å²) in [4.78, 5) is 30.4. The summed E-state index contributed by atoms with van der Waals surface area (Å²) < 4.78 is 17.2. The molecule has 0 radical (unpaired) electrons. The van der Waals surface area contributed by atoms with Gasteiger partial charge in [0.2, 0.25) is 0 Å². The van der Waals surface area contributed by atoms with Crippen LogP contribution in [0.3, 0.4) is 0 Å². The lowest BCUT2D eigenvalue weighted by molar-refractivity contribution is -0.181. The number of rotatable bonds is 6. The molecule has 1 N–H and O–H groups in total. The smallest absolute Gasteiger partial charge is 0.260 e. The van der Waals surface area contributed by atoms with Crippen LogP contribution in [0.2, 0.25) is 0 Å².